The zero-order valence-corrected chi connectivity index (χ0v) is 13.4. The van der Waals surface area contributed by atoms with E-state index in [4.69, 9.17) is 0 Å². The summed E-state index contributed by atoms with van der Waals surface area (Å²) in [7, 11) is 0. The Kier molecular flexibility index (Phi) is 3.66. The van der Waals surface area contributed by atoms with Crippen molar-refractivity contribution >= 4 is 26.8 Å². The van der Waals surface area contributed by atoms with Crippen LogP contribution in [-0.4, -0.2) is 4.57 Å². The van der Waals surface area contributed by atoms with Crippen molar-refractivity contribution in [3.8, 4) is 11.1 Å². The topological polar surface area (TPSA) is 4.93 Å². The lowest BCUT2D eigenvalue weighted by molar-refractivity contribution is 0.535. The number of benzene rings is 2. The highest BCUT2D eigenvalue weighted by atomic mass is 79.9. The Morgan fingerprint density at radius 1 is 1.00 bits per heavy atom. The molecule has 0 saturated heterocycles. The highest BCUT2D eigenvalue weighted by Gasteiger charge is 2.09. The largest absolute Gasteiger partial charge is 0.346 e. The molecule has 0 bridgehead atoms. The molecule has 3 rings (SSSR count). The number of hydrogen-bond donors (Lipinski definition) is 0. The summed E-state index contributed by atoms with van der Waals surface area (Å²) in [5.74, 6) is 0.637. The van der Waals surface area contributed by atoms with Crippen LogP contribution in [-0.2, 0) is 6.54 Å². The summed E-state index contributed by atoms with van der Waals surface area (Å²) in [6, 6.07) is 17.2. The third-order valence-corrected chi connectivity index (χ3v) is 4.13. The van der Waals surface area contributed by atoms with Crippen molar-refractivity contribution < 1.29 is 0 Å². The third kappa shape index (κ3) is 2.53. The van der Waals surface area contributed by atoms with Crippen LogP contribution in [0.1, 0.15) is 13.8 Å². The summed E-state index contributed by atoms with van der Waals surface area (Å²) >= 11 is 3.67. The van der Waals surface area contributed by atoms with E-state index in [0.29, 0.717) is 5.92 Å². The average Bonchev–Trinajstić information content (AvgIpc) is 2.75. The first-order valence-electron chi connectivity index (χ1n) is 6.99. The van der Waals surface area contributed by atoms with Gasteiger partial charge in [-0.2, -0.15) is 0 Å². The predicted octanol–water partition coefficient (Wildman–Crippen LogP) is 5.73. The average molecular weight is 328 g/mol. The first-order chi connectivity index (χ1) is 9.65. The fourth-order valence-corrected chi connectivity index (χ4v) is 3.18. The van der Waals surface area contributed by atoms with Gasteiger partial charge in [0.1, 0.15) is 0 Å². The van der Waals surface area contributed by atoms with Gasteiger partial charge in [0.2, 0.25) is 0 Å². The standard InChI is InChI=1S/C18H18BrN/c1-13(2)11-20-12-17(19)16-9-8-15(10-18(16)20)14-6-4-3-5-7-14/h3-10,12-13H,11H2,1-2H3. The van der Waals surface area contributed by atoms with Crippen LogP contribution < -0.4 is 0 Å². The SMILES string of the molecule is CC(C)Cn1cc(Br)c2ccc(-c3ccccc3)cc21. The maximum absolute atomic E-state index is 3.67. The van der Waals surface area contributed by atoms with E-state index < -0.39 is 0 Å². The summed E-state index contributed by atoms with van der Waals surface area (Å²) in [5.41, 5.74) is 3.84. The molecule has 1 aromatic heterocycles. The van der Waals surface area contributed by atoms with E-state index in [2.05, 4.69) is 89.1 Å². The Bertz CT molecular complexity index is 726. The van der Waals surface area contributed by atoms with Gasteiger partial charge in [-0.1, -0.05) is 56.3 Å². The Morgan fingerprint density at radius 2 is 1.75 bits per heavy atom. The maximum Gasteiger partial charge on any atom is 0.0498 e. The zero-order chi connectivity index (χ0) is 14.1. The molecule has 2 heteroatoms. The van der Waals surface area contributed by atoms with Gasteiger partial charge in [-0.05, 0) is 39.0 Å². The first kappa shape index (κ1) is 13.4. The van der Waals surface area contributed by atoms with Crippen molar-refractivity contribution in [1.29, 1.82) is 0 Å². The molecule has 1 nitrogen and oxygen atoms in total. The monoisotopic (exact) mass is 327 g/mol. The van der Waals surface area contributed by atoms with E-state index in [0.717, 1.165) is 6.54 Å². The molecule has 0 aliphatic rings. The summed E-state index contributed by atoms with van der Waals surface area (Å²) in [6.07, 6.45) is 2.19. The molecule has 0 radical (unpaired) electrons. The summed E-state index contributed by atoms with van der Waals surface area (Å²) < 4.78 is 3.52. The van der Waals surface area contributed by atoms with Crippen molar-refractivity contribution in [2.75, 3.05) is 0 Å². The Labute approximate surface area is 128 Å². The van der Waals surface area contributed by atoms with E-state index in [1.165, 1.54) is 26.5 Å². The van der Waals surface area contributed by atoms with Crippen molar-refractivity contribution in [2.45, 2.75) is 20.4 Å². The van der Waals surface area contributed by atoms with Gasteiger partial charge in [0.15, 0.2) is 0 Å². The van der Waals surface area contributed by atoms with Gasteiger partial charge in [0, 0.05) is 28.1 Å². The second-order valence-corrected chi connectivity index (χ2v) is 6.48. The molecule has 0 amide bonds. The van der Waals surface area contributed by atoms with Crippen LogP contribution in [0.3, 0.4) is 0 Å². The Balaban J connectivity index is 2.14. The molecule has 0 unspecified atom stereocenters. The molecule has 3 aromatic rings. The van der Waals surface area contributed by atoms with Crippen molar-refractivity contribution in [1.82, 2.24) is 4.57 Å². The number of nitrogens with zero attached hydrogens (tertiary/aromatic N) is 1. The van der Waals surface area contributed by atoms with Crippen LogP contribution in [0.25, 0.3) is 22.0 Å². The van der Waals surface area contributed by atoms with Gasteiger partial charge in [0.25, 0.3) is 0 Å². The van der Waals surface area contributed by atoms with Gasteiger partial charge < -0.3 is 4.57 Å². The summed E-state index contributed by atoms with van der Waals surface area (Å²) in [5, 5.41) is 1.28. The fourth-order valence-electron chi connectivity index (χ4n) is 2.60. The molecule has 20 heavy (non-hydrogen) atoms. The highest BCUT2D eigenvalue weighted by Crippen LogP contribution is 2.31. The smallest absolute Gasteiger partial charge is 0.0498 e. The molecular formula is C18H18BrN. The van der Waals surface area contributed by atoms with Crippen LogP contribution in [0.5, 0.6) is 0 Å². The van der Waals surface area contributed by atoms with Crippen molar-refractivity contribution in [3.63, 3.8) is 0 Å². The van der Waals surface area contributed by atoms with E-state index in [-0.39, 0.29) is 0 Å². The highest BCUT2D eigenvalue weighted by molar-refractivity contribution is 9.10. The maximum atomic E-state index is 3.67. The third-order valence-electron chi connectivity index (χ3n) is 3.50. The number of hydrogen-bond acceptors (Lipinski definition) is 0. The lowest BCUT2D eigenvalue weighted by Gasteiger charge is -2.09. The molecule has 0 saturated carbocycles. The van der Waals surface area contributed by atoms with Crippen LogP contribution in [0.4, 0.5) is 0 Å². The molecule has 0 N–H and O–H groups in total. The zero-order valence-electron chi connectivity index (χ0n) is 11.8. The molecule has 0 aliphatic heterocycles. The van der Waals surface area contributed by atoms with Gasteiger partial charge in [-0.15, -0.1) is 0 Å². The van der Waals surface area contributed by atoms with E-state index in [9.17, 15) is 0 Å². The van der Waals surface area contributed by atoms with Crippen LogP contribution >= 0.6 is 15.9 Å². The molecule has 102 valence electrons. The van der Waals surface area contributed by atoms with Crippen molar-refractivity contribution in [2.24, 2.45) is 5.92 Å². The van der Waals surface area contributed by atoms with E-state index in [1.807, 2.05) is 0 Å². The number of aromatic nitrogens is 1. The van der Waals surface area contributed by atoms with Gasteiger partial charge >= 0.3 is 0 Å². The Morgan fingerprint density at radius 3 is 2.45 bits per heavy atom. The molecular weight excluding hydrogens is 310 g/mol. The first-order valence-corrected chi connectivity index (χ1v) is 7.78. The van der Waals surface area contributed by atoms with Gasteiger partial charge in [0.05, 0.1) is 0 Å². The minimum Gasteiger partial charge on any atom is -0.346 e. The lowest BCUT2D eigenvalue weighted by Crippen LogP contribution is -2.02. The van der Waals surface area contributed by atoms with E-state index >= 15 is 0 Å². The molecule has 0 atom stereocenters. The predicted molar refractivity (Wildman–Crippen MR) is 89.9 cm³/mol. The minimum atomic E-state index is 0.637. The summed E-state index contributed by atoms with van der Waals surface area (Å²) in [4.78, 5) is 0. The molecule has 2 aromatic carbocycles. The van der Waals surface area contributed by atoms with Crippen LogP contribution in [0.15, 0.2) is 59.2 Å². The molecule has 1 heterocycles. The molecule has 0 aliphatic carbocycles. The van der Waals surface area contributed by atoms with E-state index in [1.54, 1.807) is 0 Å². The van der Waals surface area contributed by atoms with Gasteiger partial charge in [-0.3, -0.25) is 0 Å². The second kappa shape index (κ2) is 5.45. The minimum absolute atomic E-state index is 0.637. The second-order valence-electron chi connectivity index (χ2n) is 5.62. The normalized spacial score (nSPS) is 11.4. The number of fused-ring (bicyclic) bond motifs is 1. The quantitative estimate of drug-likeness (QED) is 0.579. The number of halogens is 1. The van der Waals surface area contributed by atoms with Crippen LogP contribution in [0.2, 0.25) is 0 Å². The Hall–Kier alpha value is -1.54. The fraction of sp³-hybridized carbons (Fsp3) is 0.222. The number of rotatable bonds is 3. The van der Waals surface area contributed by atoms with Gasteiger partial charge in [-0.25, -0.2) is 0 Å². The van der Waals surface area contributed by atoms with Crippen LogP contribution in [0, 0.1) is 5.92 Å². The molecule has 0 fully saturated rings. The molecule has 0 spiro atoms. The summed E-state index contributed by atoms with van der Waals surface area (Å²) in [6.45, 7) is 5.54. The van der Waals surface area contributed by atoms with Crippen molar-refractivity contribution in [3.05, 3.63) is 59.2 Å². The lowest BCUT2D eigenvalue weighted by atomic mass is 10.0.